The van der Waals surface area contributed by atoms with Crippen LogP contribution in [-0.2, 0) is 0 Å². The highest BCUT2D eigenvalue weighted by Gasteiger charge is 2.21. The van der Waals surface area contributed by atoms with E-state index >= 15 is 0 Å². The fraction of sp³-hybridized carbons (Fsp3) is 0.111. The smallest absolute Gasteiger partial charge is 0.330 e. The minimum atomic E-state index is -0.494. The maximum Gasteiger partial charge on any atom is 0.330 e. The van der Waals surface area contributed by atoms with Crippen molar-refractivity contribution in [2.75, 3.05) is 24.4 Å². The van der Waals surface area contributed by atoms with Crippen LogP contribution in [0.2, 0.25) is 0 Å². The first-order valence-corrected chi connectivity index (χ1v) is 7.80. The van der Waals surface area contributed by atoms with E-state index in [1.165, 1.54) is 6.20 Å². The molecule has 0 atom stereocenters. The Morgan fingerprint density at radius 1 is 1.12 bits per heavy atom. The summed E-state index contributed by atoms with van der Waals surface area (Å²) in [5.41, 5.74) is 1.36. The Morgan fingerprint density at radius 3 is 2.42 bits per heavy atom. The summed E-state index contributed by atoms with van der Waals surface area (Å²) in [7, 11) is 3.31. The van der Waals surface area contributed by atoms with E-state index in [9.17, 15) is 10.1 Å². The molecule has 0 saturated carbocycles. The third kappa shape index (κ3) is 3.69. The van der Waals surface area contributed by atoms with Gasteiger partial charge in [0, 0.05) is 18.4 Å². The number of para-hydroxylation sites is 1. The Balaban J connectivity index is 1.94. The molecule has 132 valence electrons. The van der Waals surface area contributed by atoms with Crippen LogP contribution in [0.15, 0.2) is 60.8 Å². The quantitative estimate of drug-likeness (QED) is 0.531. The minimum absolute atomic E-state index is 0.170. The highest BCUT2D eigenvalue weighted by atomic mass is 16.6. The summed E-state index contributed by atoms with van der Waals surface area (Å²) in [6.07, 6.45) is 1.20. The molecule has 8 heteroatoms. The molecule has 3 aromatic rings. The number of anilines is 4. The molecular formula is C18H17N5O3. The number of benzene rings is 2. The first-order chi connectivity index (χ1) is 12.6. The van der Waals surface area contributed by atoms with Crippen LogP contribution in [0.3, 0.4) is 0 Å². The number of methoxy groups -OCH3 is 1. The summed E-state index contributed by atoms with van der Waals surface area (Å²) in [5.74, 6) is 1.19. The van der Waals surface area contributed by atoms with Gasteiger partial charge in [0.15, 0.2) is 0 Å². The zero-order valence-corrected chi connectivity index (χ0v) is 14.3. The van der Waals surface area contributed by atoms with E-state index < -0.39 is 4.92 Å². The van der Waals surface area contributed by atoms with Gasteiger partial charge in [-0.25, -0.2) is 4.98 Å². The van der Waals surface area contributed by atoms with E-state index in [2.05, 4.69) is 15.3 Å². The number of nitrogens with zero attached hydrogens (tertiary/aromatic N) is 4. The molecule has 0 aliphatic rings. The summed E-state index contributed by atoms with van der Waals surface area (Å²) in [6.45, 7) is 0. The maximum atomic E-state index is 11.4. The van der Waals surface area contributed by atoms with E-state index in [0.717, 1.165) is 17.1 Å². The van der Waals surface area contributed by atoms with E-state index in [0.29, 0.717) is 0 Å². The molecule has 1 N–H and O–H groups in total. The molecule has 0 fully saturated rings. The summed E-state index contributed by atoms with van der Waals surface area (Å²) in [5, 5.41) is 14.4. The normalized spacial score (nSPS) is 10.2. The van der Waals surface area contributed by atoms with Gasteiger partial charge in [-0.3, -0.25) is 10.1 Å². The van der Waals surface area contributed by atoms with Gasteiger partial charge in [0.25, 0.3) is 0 Å². The Labute approximate surface area is 150 Å². The lowest BCUT2D eigenvalue weighted by atomic mass is 10.3. The number of aromatic nitrogens is 2. The molecule has 0 aliphatic heterocycles. The predicted molar refractivity (Wildman–Crippen MR) is 99.5 cm³/mol. The van der Waals surface area contributed by atoms with Gasteiger partial charge in [-0.15, -0.1) is 0 Å². The number of ether oxygens (including phenoxy) is 1. The summed E-state index contributed by atoms with van der Waals surface area (Å²) in [4.78, 5) is 20.9. The molecule has 0 bridgehead atoms. The van der Waals surface area contributed by atoms with Crippen molar-refractivity contribution < 1.29 is 9.66 Å². The molecule has 0 spiro atoms. The fourth-order valence-corrected chi connectivity index (χ4v) is 2.38. The lowest BCUT2D eigenvalue weighted by Crippen LogP contribution is -2.14. The van der Waals surface area contributed by atoms with Crippen LogP contribution in [0.5, 0.6) is 5.75 Å². The molecule has 0 aliphatic carbocycles. The van der Waals surface area contributed by atoms with Crippen LogP contribution in [0.25, 0.3) is 0 Å². The Morgan fingerprint density at radius 2 is 1.81 bits per heavy atom. The maximum absolute atomic E-state index is 11.4. The first-order valence-electron chi connectivity index (χ1n) is 7.80. The van der Waals surface area contributed by atoms with Crippen molar-refractivity contribution in [3.05, 3.63) is 70.9 Å². The lowest BCUT2D eigenvalue weighted by molar-refractivity contribution is -0.384. The van der Waals surface area contributed by atoms with Crippen molar-refractivity contribution >= 4 is 28.8 Å². The molecule has 1 aromatic heterocycles. The average Bonchev–Trinajstić information content (AvgIpc) is 2.68. The molecule has 8 nitrogen and oxygen atoms in total. The highest BCUT2D eigenvalue weighted by Crippen LogP contribution is 2.31. The Kier molecular flexibility index (Phi) is 4.93. The summed E-state index contributed by atoms with van der Waals surface area (Å²) >= 11 is 0. The third-order valence-corrected chi connectivity index (χ3v) is 3.75. The van der Waals surface area contributed by atoms with Gasteiger partial charge in [-0.1, -0.05) is 18.2 Å². The van der Waals surface area contributed by atoms with Gasteiger partial charge in [0.05, 0.1) is 12.0 Å². The standard InChI is InChI=1S/C18H17N5O3/c1-22(14-6-4-3-5-7-14)17-16(23(24)25)12-19-18(21-17)20-13-8-10-15(26-2)11-9-13/h3-12H,1-2H3,(H,19,20,21). The van der Waals surface area contributed by atoms with E-state index in [1.54, 1.807) is 31.2 Å². The monoisotopic (exact) mass is 351 g/mol. The van der Waals surface area contributed by atoms with Crippen LogP contribution >= 0.6 is 0 Å². The summed E-state index contributed by atoms with van der Waals surface area (Å²) < 4.78 is 5.12. The zero-order chi connectivity index (χ0) is 18.5. The van der Waals surface area contributed by atoms with E-state index in [4.69, 9.17) is 4.74 Å². The largest absolute Gasteiger partial charge is 0.497 e. The number of nitro groups is 1. The second kappa shape index (κ2) is 7.47. The van der Waals surface area contributed by atoms with E-state index in [1.807, 2.05) is 42.5 Å². The topological polar surface area (TPSA) is 93.4 Å². The van der Waals surface area contributed by atoms with Crippen molar-refractivity contribution in [1.82, 2.24) is 9.97 Å². The molecule has 0 radical (unpaired) electrons. The van der Waals surface area contributed by atoms with Crippen LogP contribution in [0, 0.1) is 10.1 Å². The van der Waals surface area contributed by atoms with E-state index in [-0.39, 0.29) is 17.5 Å². The minimum Gasteiger partial charge on any atom is -0.497 e. The summed E-state index contributed by atoms with van der Waals surface area (Å²) in [6, 6.07) is 16.5. The average molecular weight is 351 g/mol. The molecule has 3 rings (SSSR count). The molecular weight excluding hydrogens is 334 g/mol. The molecule has 0 unspecified atom stereocenters. The van der Waals surface area contributed by atoms with Crippen molar-refractivity contribution in [3.8, 4) is 5.75 Å². The molecule has 0 amide bonds. The van der Waals surface area contributed by atoms with Crippen LogP contribution in [0.4, 0.5) is 28.8 Å². The fourth-order valence-electron chi connectivity index (χ4n) is 2.38. The molecule has 2 aromatic carbocycles. The van der Waals surface area contributed by atoms with Gasteiger partial charge in [0.1, 0.15) is 11.9 Å². The second-order valence-electron chi connectivity index (χ2n) is 5.41. The van der Waals surface area contributed by atoms with Crippen LogP contribution in [-0.4, -0.2) is 29.0 Å². The second-order valence-corrected chi connectivity index (χ2v) is 5.41. The van der Waals surface area contributed by atoms with Crippen molar-refractivity contribution in [2.45, 2.75) is 0 Å². The lowest BCUT2D eigenvalue weighted by Gasteiger charge is -2.18. The van der Waals surface area contributed by atoms with Crippen molar-refractivity contribution in [1.29, 1.82) is 0 Å². The van der Waals surface area contributed by atoms with Gasteiger partial charge in [-0.05, 0) is 36.4 Å². The number of nitrogens with one attached hydrogen (secondary N) is 1. The van der Waals surface area contributed by atoms with Gasteiger partial charge in [-0.2, -0.15) is 4.98 Å². The Hall–Kier alpha value is -3.68. The van der Waals surface area contributed by atoms with Crippen LogP contribution in [0.1, 0.15) is 0 Å². The zero-order valence-electron chi connectivity index (χ0n) is 14.3. The van der Waals surface area contributed by atoms with Crippen molar-refractivity contribution in [2.24, 2.45) is 0 Å². The third-order valence-electron chi connectivity index (χ3n) is 3.75. The first kappa shape index (κ1) is 17.2. The molecule has 26 heavy (non-hydrogen) atoms. The number of hydrogen-bond donors (Lipinski definition) is 1. The molecule has 1 heterocycles. The van der Waals surface area contributed by atoms with Gasteiger partial charge < -0.3 is 15.0 Å². The van der Waals surface area contributed by atoms with Gasteiger partial charge in [0.2, 0.25) is 11.8 Å². The SMILES string of the molecule is COc1ccc(Nc2ncc([N+](=O)[O-])c(N(C)c3ccccc3)n2)cc1. The highest BCUT2D eigenvalue weighted by molar-refractivity contribution is 5.69. The number of rotatable bonds is 6. The Bertz CT molecular complexity index is 900. The van der Waals surface area contributed by atoms with Gasteiger partial charge >= 0.3 is 5.69 Å². The predicted octanol–water partition coefficient (Wildman–Crippen LogP) is 3.90. The van der Waals surface area contributed by atoms with Crippen LogP contribution < -0.4 is 15.0 Å². The number of hydrogen-bond acceptors (Lipinski definition) is 7. The molecule has 0 saturated heterocycles. The van der Waals surface area contributed by atoms with Crippen molar-refractivity contribution in [3.63, 3.8) is 0 Å².